The van der Waals surface area contributed by atoms with E-state index in [2.05, 4.69) is 15.4 Å². The average Bonchev–Trinajstić information content (AvgIpc) is 3.21. The zero-order valence-electron chi connectivity index (χ0n) is 20.9. The number of carbonyl (C=O) groups excluding carboxylic acids is 1. The third-order valence-electron chi connectivity index (χ3n) is 6.06. The SMILES string of the molecule is Cc1cc(-c2nn3cc(C(=O)NC(CN(C)C)c4ccc(F)cc4)c(C(C)C)c3c(=O)[nH]2)ccc1F. The van der Waals surface area contributed by atoms with Gasteiger partial charge in [-0.3, -0.25) is 9.59 Å². The maximum absolute atomic E-state index is 13.7. The summed E-state index contributed by atoms with van der Waals surface area (Å²) < 4.78 is 28.6. The first-order valence-corrected chi connectivity index (χ1v) is 11.7. The monoisotopic (exact) mass is 493 g/mol. The van der Waals surface area contributed by atoms with E-state index in [0.717, 1.165) is 5.56 Å². The minimum absolute atomic E-state index is 0.143. The number of halogens is 2. The third kappa shape index (κ3) is 5.06. The van der Waals surface area contributed by atoms with E-state index in [0.29, 0.717) is 28.8 Å². The topological polar surface area (TPSA) is 82.5 Å². The van der Waals surface area contributed by atoms with Crippen molar-refractivity contribution >= 4 is 11.4 Å². The van der Waals surface area contributed by atoms with Gasteiger partial charge >= 0.3 is 0 Å². The second kappa shape index (κ2) is 10.0. The summed E-state index contributed by atoms with van der Waals surface area (Å²) in [6.07, 6.45) is 1.55. The minimum Gasteiger partial charge on any atom is -0.344 e. The molecule has 188 valence electrons. The molecule has 0 fully saturated rings. The molecular formula is C27H29F2N5O2. The Morgan fingerprint density at radius 1 is 1.14 bits per heavy atom. The summed E-state index contributed by atoms with van der Waals surface area (Å²) in [5.41, 5.74) is 2.54. The number of fused-ring (bicyclic) bond motifs is 1. The number of nitrogens with zero attached hydrogens (tertiary/aromatic N) is 3. The number of aromatic nitrogens is 3. The molecule has 2 aromatic heterocycles. The van der Waals surface area contributed by atoms with Crippen LogP contribution in [-0.4, -0.2) is 46.0 Å². The Morgan fingerprint density at radius 2 is 1.83 bits per heavy atom. The number of rotatable bonds is 7. The van der Waals surface area contributed by atoms with Crippen LogP contribution < -0.4 is 10.9 Å². The van der Waals surface area contributed by atoms with Crippen LogP contribution >= 0.6 is 0 Å². The maximum Gasteiger partial charge on any atom is 0.275 e. The van der Waals surface area contributed by atoms with Gasteiger partial charge in [0.1, 0.15) is 17.2 Å². The van der Waals surface area contributed by atoms with E-state index in [1.54, 1.807) is 37.4 Å². The number of H-pyrrole nitrogens is 1. The molecule has 1 unspecified atom stereocenters. The molecule has 0 spiro atoms. The van der Waals surface area contributed by atoms with Crippen molar-refractivity contribution in [3.63, 3.8) is 0 Å². The maximum atomic E-state index is 13.7. The molecule has 9 heteroatoms. The van der Waals surface area contributed by atoms with Crippen molar-refractivity contribution in [2.45, 2.75) is 32.7 Å². The van der Waals surface area contributed by atoms with Gasteiger partial charge in [0.2, 0.25) is 0 Å². The Hall–Kier alpha value is -3.85. The number of nitrogens with one attached hydrogen (secondary N) is 2. The molecule has 0 aliphatic heterocycles. The van der Waals surface area contributed by atoms with Gasteiger partial charge in [-0.2, -0.15) is 0 Å². The van der Waals surface area contributed by atoms with Crippen LogP contribution in [0.5, 0.6) is 0 Å². The molecule has 1 atom stereocenters. The average molecular weight is 494 g/mol. The van der Waals surface area contributed by atoms with E-state index in [-0.39, 0.29) is 34.8 Å². The van der Waals surface area contributed by atoms with Gasteiger partial charge in [-0.1, -0.05) is 26.0 Å². The molecule has 0 bridgehead atoms. The first-order valence-electron chi connectivity index (χ1n) is 11.7. The second-order valence-electron chi connectivity index (χ2n) is 9.51. The summed E-state index contributed by atoms with van der Waals surface area (Å²) in [6, 6.07) is 10.1. The van der Waals surface area contributed by atoms with Gasteiger partial charge < -0.3 is 15.2 Å². The van der Waals surface area contributed by atoms with E-state index >= 15 is 0 Å². The van der Waals surface area contributed by atoms with Crippen LogP contribution in [0.3, 0.4) is 0 Å². The molecule has 2 aromatic carbocycles. The van der Waals surface area contributed by atoms with Gasteiger partial charge in [0.15, 0.2) is 5.82 Å². The molecule has 36 heavy (non-hydrogen) atoms. The van der Waals surface area contributed by atoms with Gasteiger partial charge in [-0.15, -0.1) is 5.10 Å². The number of hydrogen-bond donors (Lipinski definition) is 2. The first-order chi connectivity index (χ1) is 17.0. The molecule has 2 N–H and O–H groups in total. The fourth-order valence-electron chi connectivity index (χ4n) is 4.33. The zero-order chi connectivity index (χ0) is 26.1. The highest BCUT2D eigenvalue weighted by Crippen LogP contribution is 2.26. The van der Waals surface area contributed by atoms with E-state index in [1.165, 1.54) is 22.7 Å². The number of aryl methyl sites for hydroxylation is 1. The molecule has 0 aliphatic rings. The smallest absolute Gasteiger partial charge is 0.275 e. The summed E-state index contributed by atoms with van der Waals surface area (Å²) in [5.74, 6) is -0.941. The lowest BCUT2D eigenvalue weighted by Crippen LogP contribution is -2.35. The molecule has 0 aliphatic carbocycles. The summed E-state index contributed by atoms with van der Waals surface area (Å²) in [7, 11) is 3.77. The van der Waals surface area contributed by atoms with Gasteiger partial charge in [0.05, 0.1) is 11.6 Å². The van der Waals surface area contributed by atoms with E-state index in [9.17, 15) is 18.4 Å². The number of benzene rings is 2. The summed E-state index contributed by atoms with van der Waals surface area (Å²) >= 11 is 0. The van der Waals surface area contributed by atoms with Crippen LogP contribution in [0.2, 0.25) is 0 Å². The quantitative estimate of drug-likeness (QED) is 0.399. The number of hydrogen-bond acceptors (Lipinski definition) is 4. The predicted octanol–water partition coefficient (Wildman–Crippen LogP) is 4.43. The lowest BCUT2D eigenvalue weighted by molar-refractivity contribution is 0.0928. The molecule has 0 saturated carbocycles. The van der Waals surface area contributed by atoms with E-state index in [1.807, 2.05) is 32.8 Å². The Kier molecular flexibility index (Phi) is 7.03. The van der Waals surface area contributed by atoms with Gasteiger partial charge in [-0.05, 0) is 68.4 Å². The summed E-state index contributed by atoms with van der Waals surface area (Å²) in [6.45, 7) is 5.94. The van der Waals surface area contributed by atoms with Crippen LogP contribution in [0.4, 0.5) is 8.78 Å². The molecule has 4 aromatic rings. The van der Waals surface area contributed by atoms with Crippen molar-refractivity contribution in [1.82, 2.24) is 24.8 Å². The summed E-state index contributed by atoms with van der Waals surface area (Å²) in [4.78, 5) is 31.4. The van der Waals surface area contributed by atoms with Crippen LogP contribution in [0.1, 0.15) is 52.9 Å². The molecule has 4 rings (SSSR count). The van der Waals surface area contributed by atoms with Crippen molar-refractivity contribution in [2.24, 2.45) is 0 Å². The minimum atomic E-state index is -0.403. The zero-order valence-corrected chi connectivity index (χ0v) is 20.9. The Labute approximate surface area is 207 Å². The van der Waals surface area contributed by atoms with Gasteiger partial charge in [0, 0.05) is 23.9 Å². The molecule has 1 amide bonds. The fourth-order valence-corrected chi connectivity index (χ4v) is 4.33. The highest BCUT2D eigenvalue weighted by atomic mass is 19.1. The van der Waals surface area contributed by atoms with E-state index < -0.39 is 11.6 Å². The molecule has 0 saturated heterocycles. The largest absolute Gasteiger partial charge is 0.344 e. The Morgan fingerprint density at radius 3 is 2.44 bits per heavy atom. The molecule has 2 heterocycles. The highest BCUT2D eigenvalue weighted by molar-refractivity contribution is 5.98. The van der Waals surface area contributed by atoms with Crippen molar-refractivity contribution in [1.29, 1.82) is 0 Å². The highest BCUT2D eigenvalue weighted by Gasteiger charge is 2.25. The standard InChI is InChI=1S/C27H29F2N5O2/c1-15(2)23-20(26(35)30-22(14-33(4)5)17-6-9-19(28)10-7-17)13-34-24(23)27(36)31-25(32-34)18-8-11-21(29)16(3)12-18/h6-13,15,22H,14H2,1-5H3,(H,30,35)(H,31,32,36). The lowest BCUT2D eigenvalue weighted by Gasteiger charge is -2.23. The lowest BCUT2D eigenvalue weighted by atomic mass is 9.99. The van der Waals surface area contributed by atoms with Crippen molar-refractivity contribution < 1.29 is 13.6 Å². The van der Waals surface area contributed by atoms with Crippen molar-refractivity contribution in [3.8, 4) is 11.4 Å². The number of aromatic amines is 1. The summed E-state index contributed by atoms with van der Waals surface area (Å²) in [5, 5.41) is 7.57. The third-order valence-corrected chi connectivity index (χ3v) is 6.06. The molecule has 0 radical (unpaired) electrons. The predicted molar refractivity (Wildman–Crippen MR) is 135 cm³/mol. The van der Waals surface area contributed by atoms with Gasteiger partial charge in [0.25, 0.3) is 11.5 Å². The van der Waals surface area contributed by atoms with Crippen LogP contribution in [0, 0.1) is 18.6 Å². The Bertz CT molecular complexity index is 1470. The second-order valence-corrected chi connectivity index (χ2v) is 9.51. The Balaban J connectivity index is 1.77. The first kappa shape index (κ1) is 25.2. The molecular weight excluding hydrogens is 464 g/mol. The number of carbonyl (C=O) groups is 1. The number of likely N-dealkylation sites (N-methyl/N-ethyl adjacent to an activating group) is 1. The van der Waals surface area contributed by atoms with Crippen LogP contribution in [0.15, 0.2) is 53.5 Å². The van der Waals surface area contributed by atoms with Crippen LogP contribution in [0.25, 0.3) is 16.9 Å². The van der Waals surface area contributed by atoms with Crippen LogP contribution in [-0.2, 0) is 0 Å². The van der Waals surface area contributed by atoms with Gasteiger partial charge in [-0.25, -0.2) is 13.3 Å². The van der Waals surface area contributed by atoms with Crippen molar-refractivity contribution in [3.05, 3.63) is 92.9 Å². The normalized spacial score (nSPS) is 12.5. The fraction of sp³-hybridized carbons (Fsp3) is 0.296. The number of amides is 1. The van der Waals surface area contributed by atoms with Crippen molar-refractivity contribution in [2.75, 3.05) is 20.6 Å². The molecule has 7 nitrogen and oxygen atoms in total. The van der Waals surface area contributed by atoms with E-state index in [4.69, 9.17) is 0 Å².